The summed E-state index contributed by atoms with van der Waals surface area (Å²) in [4.78, 5) is 11.3. The van der Waals surface area contributed by atoms with Crippen LogP contribution in [0, 0.1) is 11.6 Å². The Morgan fingerprint density at radius 2 is 1.94 bits per heavy atom. The van der Waals surface area contributed by atoms with Gasteiger partial charge >= 0.3 is 6.18 Å². The number of alkyl halides is 3. The van der Waals surface area contributed by atoms with Gasteiger partial charge in [-0.3, -0.25) is 0 Å². The van der Waals surface area contributed by atoms with Gasteiger partial charge in [0, 0.05) is 42.2 Å². The topological polar surface area (TPSA) is 41.0 Å². The first-order chi connectivity index (χ1) is 14.8. The zero-order chi connectivity index (χ0) is 22.0. The summed E-state index contributed by atoms with van der Waals surface area (Å²) in [5.41, 5.74) is 0.412. The molecule has 1 aliphatic heterocycles. The van der Waals surface area contributed by atoms with Crippen LogP contribution in [0.1, 0.15) is 29.7 Å². The van der Waals surface area contributed by atoms with E-state index in [-0.39, 0.29) is 10.9 Å². The Morgan fingerprint density at radius 1 is 1.10 bits per heavy atom. The quantitative estimate of drug-likeness (QED) is 0.535. The normalized spacial score (nSPS) is 17.8. The van der Waals surface area contributed by atoms with Crippen LogP contribution < -0.4 is 10.2 Å². The number of nitrogens with zero attached hydrogens (tertiary/aromatic N) is 3. The van der Waals surface area contributed by atoms with Crippen LogP contribution in [0.3, 0.4) is 0 Å². The monoisotopic (exact) mass is 456 g/mol. The smallest absolute Gasteiger partial charge is 0.356 e. The first-order valence-corrected chi connectivity index (χ1v) is 10.8. The highest BCUT2D eigenvalue weighted by molar-refractivity contribution is 7.18. The molecule has 1 atom stereocenters. The van der Waals surface area contributed by atoms with Crippen molar-refractivity contribution in [3.8, 4) is 0 Å². The summed E-state index contributed by atoms with van der Waals surface area (Å²) in [6, 6.07) is 5.24. The molecule has 1 N–H and O–H groups in total. The summed E-state index contributed by atoms with van der Waals surface area (Å²) in [5.74, 6) is -0.521. The van der Waals surface area contributed by atoms with E-state index < -0.39 is 24.2 Å². The average molecular weight is 456 g/mol. The molecule has 0 saturated carbocycles. The van der Waals surface area contributed by atoms with Crippen molar-refractivity contribution in [2.75, 3.05) is 18.0 Å². The van der Waals surface area contributed by atoms with E-state index in [4.69, 9.17) is 0 Å². The lowest BCUT2D eigenvalue weighted by molar-refractivity contribution is -0.126. The van der Waals surface area contributed by atoms with Crippen molar-refractivity contribution in [1.82, 2.24) is 15.3 Å². The fraction of sp³-hybridized carbons (Fsp3) is 0.429. The van der Waals surface area contributed by atoms with Crippen LogP contribution in [0.2, 0.25) is 0 Å². The van der Waals surface area contributed by atoms with E-state index in [1.54, 1.807) is 6.07 Å². The molecule has 1 aromatic carbocycles. The van der Waals surface area contributed by atoms with Crippen molar-refractivity contribution in [3.63, 3.8) is 0 Å². The number of halogens is 5. The molecule has 1 fully saturated rings. The number of nitrogens with one attached hydrogen (secondary N) is 1. The fourth-order valence-electron chi connectivity index (χ4n) is 3.86. The zero-order valence-electron chi connectivity index (χ0n) is 16.6. The van der Waals surface area contributed by atoms with Crippen LogP contribution in [0.15, 0.2) is 30.6 Å². The van der Waals surface area contributed by atoms with Crippen LogP contribution in [0.4, 0.5) is 27.8 Å². The van der Waals surface area contributed by atoms with Crippen molar-refractivity contribution in [2.45, 2.75) is 44.4 Å². The second kappa shape index (κ2) is 9.04. The van der Waals surface area contributed by atoms with Crippen molar-refractivity contribution in [1.29, 1.82) is 0 Å². The Kier molecular flexibility index (Phi) is 6.38. The summed E-state index contributed by atoms with van der Waals surface area (Å²) in [5, 5.41) is 3.98. The second-order valence-electron chi connectivity index (χ2n) is 7.65. The largest absolute Gasteiger partial charge is 0.393 e. The number of benzene rings is 1. The number of anilines is 1. The number of thiophene rings is 1. The number of hydrogen-bond donors (Lipinski definition) is 1. The predicted molar refractivity (Wildman–Crippen MR) is 110 cm³/mol. The van der Waals surface area contributed by atoms with Crippen LogP contribution >= 0.6 is 11.3 Å². The highest BCUT2D eigenvalue weighted by atomic mass is 32.1. The third-order valence-electron chi connectivity index (χ3n) is 5.36. The third-order valence-corrected chi connectivity index (χ3v) is 6.40. The van der Waals surface area contributed by atoms with Gasteiger partial charge in [0.2, 0.25) is 0 Å². The molecule has 4 nitrogen and oxygen atoms in total. The maximum Gasteiger partial charge on any atom is 0.393 e. The van der Waals surface area contributed by atoms with Gasteiger partial charge in [-0.1, -0.05) is 6.07 Å². The van der Waals surface area contributed by atoms with Gasteiger partial charge < -0.3 is 10.2 Å². The molecule has 10 heteroatoms. The van der Waals surface area contributed by atoms with Crippen LogP contribution in [-0.2, 0) is 13.0 Å². The first kappa shape index (κ1) is 21.9. The highest BCUT2D eigenvalue weighted by Gasteiger charge is 2.29. The molecule has 0 aliphatic carbocycles. The van der Waals surface area contributed by atoms with E-state index in [1.807, 2.05) is 0 Å². The van der Waals surface area contributed by atoms with Crippen LogP contribution in [0.5, 0.6) is 0 Å². The Labute approximate surface area is 180 Å². The minimum atomic E-state index is -4.26. The molecule has 0 spiro atoms. The van der Waals surface area contributed by atoms with Gasteiger partial charge in [0.25, 0.3) is 0 Å². The summed E-state index contributed by atoms with van der Waals surface area (Å²) in [6.07, 6.45) is -1.35. The van der Waals surface area contributed by atoms with Crippen LogP contribution in [-0.4, -0.2) is 35.3 Å². The lowest BCUT2D eigenvalue weighted by Gasteiger charge is -2.22. The molecular formula is C21H21F5N4S. The zero-order valence-corrected chi connectivity index (χ0v) is 17.4. The molecule has 3 aromatic rings. The Morgan fingerprint density at radius 3 is 2.71 bits per heavy atom. The fourth-order valence-corrected chi connectivity index (χ4v) is 4.88. The molecule has 0 bridgehead atoms. The maximum atomic E-state index is 13.8. The molecule has 3 heterocycles. The molecule has 1 saturated heterocycles. The van der Waals surface area contributed by atoms with Crippen molar-refractivity contribution in [3.05, 3.63) is 52.7 Å². The Balaban J connectivity index is 1.43. The van der Waals surface area contributed by atoms with Gasteiger partial charge in [0.05, 0.1) is 11.8 Å². The van der Waals surface area contributed by atoms with E-state index in [0.29, 0.717) is 34.7 Å². The molecule has 31 heavy (non-hydrogen) atoms. The predicted octanol–water partition coefficient (Wildman–Crippen LogP) is 5.22. The lowest BCUT2D eigenvalue weighted by atomic mass is 10.1. The summed E-state index contributed by atoms with van der Waals surface area (Å²) in [7, 11) is 0. The standard InChI is InChI=1S/C21H21F5N4S/c22-14-4-3-13(18(23)8-14)11-27-15-2-1-6-30(7-5-15)19-17-9-16(10-21(24,25)26)31-20(17)29-12-28-19/h3-4,8-9,12,15,27H,1-2,5-7,10-11H2. The van der Waals surface area contributed by atoms with Crippen molar-refractivity contribution in [2.24, 2.45) is 0 Å². The van der Waals surface area contributed by atoms with E-state index in [2.05, 4.69) is 20.2 Å². The summed E-state index contributed by atoms with van der Waals surface area (Å²) in [6.45, 7) is 1.69. The first-order valence-electron chi connectivity index (χ1n) is 10.0. The summed E-state index contributed by atoms with van der Waals surface area (Å²) >= 11 is 1.04. The van der Waals surface area contributed by atoms with Gasteiger partial charge in [0.1, 0.15) is 28.6 Å². The molecule has 1 aliphatic rings. The third kappa shape index (κ3) is 5.48. The van der Waals surface area contributed by atoms with Crippen molar-refractivity contribution >= 4 is 27.4 Å². The molecule has 0 amide bonds. The second-order valence-corrected chi connectivity index (χ2v) is 8.77. The van der Waals surface area contributed by atoms with E-state index >= 15 is 0 Å². The van der Waals surface area contributed by atoms with Gasteiger partial charge in [-0.25, -0.2) is 18.7 Å². The number of fused-ring (bicyclic) bond motifs is 1. The average Bonchev–Trinajstić information content (AvgIpc) is 2.94. The number of aromatic nitrogens is 2. The molecule has 166 valence electrons. The molecule has 4 rings (SSSR count). The van der Waals surface area contributed by atoms with E-state index in [9.17, 15) is 22.0 Å². The van der Waals surface area contributed by atoms with Gasteiger partial charge in [-0.2, -0.15) is 13.2 Å². The van der Waals surface area contributed by atoms with Crippen LogP contribution in [0.25, 0.3) is 10.2 Å². The summed E-state index contributed by atoms with van der Waals surface area (Å²) < 4.78 is 65.2. The Bertz CT molecular complexity index is 1050. The van der Waals surface area contributed by atoms with Crippen molar-refractivity contribution < 1.29 is 22.0 Å². The van der Waals surface area contributed by atoms with E-state index in [0.717, 1.165) is 43.2 Å². The molecule has 0 radical (unpaired) electrons. The van der Waals surface area contributed by atoms with Gasteiger partial charge in [-0.15, -0.1) is 11.3 Å². The minimum Gasteiger partial charge on any atom is -0.356 e. The molecule has 2 aromatic heterocycles. The Hall–Kier alpha value is -2.33. The SMILES string of the molecule is Fc1ccc(CNC2CCCN(c3ncnc4sc(CC(F)(F)F)cc34)CC2)c(F)c1. The van der Waals surface area contributed by atoms with Gasteiger partial charge in [0.15, 0.2) is 0 Å². The molecule has 1 unspecified atom stereocenters. The number of rotatable bonds is 5. The number of hydrogen-bond acceptors (Lipinski definition) is 5. The van der Waals surface area contributed by atoms with E-state index in [1.165, 1.54) is 18.5 Å². The lowest BCUT2D eigenvalue weighted by Crippen LogP contribution is -2.31. The maximum absolute atomic E-state index is 13.8. The van der Waals surface area contributed by atoms with Gasteiger partial charge in [-0.05, 0) is 31.4 Å². The molecular weight excluding hydrogens is 435 g/mol. The minimum absolute atomic E-state index is 0.148. The highest BCUT2D eigenvalue weighted by Crippen LogP contribution is 2.34.